The zero-order chi connectivity index (χ0) is 23.4. The van der Waals surface area contributed by atoms with Gasteiger partial charge in [0.15, 0.2) is 0 Å². The van der Waals surface area contributed by atoms with Gasteiger partial charge in [0.1, 0.15) is 23.8 Å². The number of benzene rings is 3. The second-order valence-electron chi connectivity index (χ2n) is 7.92. The maximum Gasteiger partial charge on any atom is 0.262 e. The minimum Gasteiger partial charge on any atom is -0.471 e. The second-order valence-corrected chi connectivity index (χ2v) is 7.92. The highest BCUT2D eigenvalue weighted by molar-refractivity contribution is 6.05. The van der Waals surface area contributed by atoms with Gasteiger partial charge in [0.25, 0.3) is 5.91 Å². The zero-order valence-electron chi connectivity index (χ0n) is 18.3. The Morgan fingerprint density at radius 2 is 1.48 bits per heavy atom. The highest BCUT2D eigenvalue weighted by Gasteiger charge is 2.19. The van der Waals surface area contributed by atoms with Crippen LogP contribution in [0.15, 0.2) is 72.9 Å². The van der Waals surface area contributed by atoms with E-state index in [1.165, 1.54) is 24.3 Å². The van der Waals surface area contributed by atoms with Gasteiger partial charge in [0.2, 0.25) is 5.88 Å². The average molecular weight is 447 g/mol. The molecule has 0 bridgehead atoms. The molecule has 0 saturated heterocycles. The molecule has 0 spiro atoms. The molecule has 0 fully saturated rings. The number of rotatable bonds is 7. The second kappa shape index (κ2) is 9.65. The predicted octanol–water partition coefficient (Wildman–Crippen LogP) is 5.66. The molecule has 7 heteroatoms. The first-order valence-electron chi connectivity index (χ1n) is 10.4. The molecule has 4 aromatic rings. The number of carbonyl (C=O) groups is 1. The summed E-state index contributed by atoms with van der Waals surface area (Å²) in [7, 11) is 0. The summed E-state index contributed by atoms with van der Waals surface area (Å²) in [5, 5.41) is 7.32. The Morgan fingerprint density at radius 1 is 0.909 bits per heavy atom. The number of aryl methyl sites for hydroxylation is 2. The van der Waals surface area contributed by atoms with Crippen LogP contribution in [-0.4, -0.2) is 15.7 Å². The summed E-state index contributed by atoms with van der Waals surface area (Å²) in [5.41, 5.74) is 4.57. The number of ether oxygens (including phenoxy) is 1. The van der Waals surface area contributed by atoms with Crippen LogP contribution in [0, 0.1) is 25.5 Å². The number of hydrogen-bond donors (Lipinski definition) is 1. The Labute approximate surface area is 190 Å². The van der Waals surface area contributed by atoms with Crippen molar-refractivity contribution in [2.75, 3.05) is 5.32 Å². The summed E-state index contributed by atoms with van der Waals surface area (Å²) < 4.78 is 33.8. The monoisotopic (exact) mass is 447 g/mol. The van der Waals surface area contributed by atoms with Crippen LogP contribution in [0.4, 0.5) is 14.5 Å². The van der Waals surface area contributed by atoms with Crippen LogP contribution in [0.25, 0.3) is 0 Å². The number of halogens is 2. The number of nitrogens with zero attached hydrogens (tertiary/aromatic N) is 2. The van der Waals surface area contributed by atoms with Gasteiger partial charge < -0.3 is 10.1 Å². The van der Waals surface area contributed by atoms with Gasteiger partial charge in [-0.25, -0.2) is 8.78 Å². The lowest BCUT2D eigenvalue weighted by Gasteiger charge is -2.08. The molecular formula is C26H23F2N3O2. The van der Waals surface area contributed by atoms with E-state index in [-0.39, 0.29) is 35.6 Å². The van der Waals surface area contributed by atoms with Crippen LogP contribution >= 0.6 is 0 Å². The maximum absolute atomic E-state index is 13.2. The highest BCUT2D eigenvalue weighted by Crippen LogP contribution is 2.22. The number of hydrogen-bond acceptors (Lipinski definition) is 3. The molecular weight excluding hydrogens is 424 g/mol. The van der Waals surface area contributed by atoms with Gasteiger partial charge in [-0.15, -0.1) is 5.10 Å². The molecule has 33 heavy (non-hydrogen) atoms. The third-order valence-corrected chi connectivity index (χ3v) is 5.00. The van der Waals surface area contributed by atoms with E-state index in [2.05, 4.69) is 10.4 Å². The lowest BCUT2D eigenvalue weighted by molar-refractivity contribution is 0.102. The third kappa shape index (κ3) is 5.83. The van der Waals surface area contributed by atoms with Crippen molar-refractivity contribution in [3.8, 4) is 5.88 Å². The van der Waals surface area contributed by atoms with E-state index in [1.54, 1.807) is 35.1 Å². The van der Waals surface area contributed by atoms with E-state index >= 15 is 0 Å². The molecule has 0 aliphatic rings. The molecule has 5 nitrogen and oxygen atoms in total. The topological polar surface area (TPSA) is 56.2 Å². The minimum atomic E-state index is -0.362. The van der Waals surface area contributed by atoms with E-state index < -0.39 is 0 Å². The average Bonchev–Trinajstić information content (AvgIpc) is 3.17. The van der Waals surface area contributed by atoms with Gasteiger partial charge in [0, 0.05) is 11.9 Å². The molecule has 0 atom stereocenters. The van der Waals surface area contributed by atoms with E-state index in [4.69, 9.17) is 4.74 Å². The first kappa shape index (κ1) is 22.2. The van der Waals surface area contributed by atoms with E-state index in [1.807, 2.05) is 32.0 Å². The molecule has 3 aromatic carbocycles. The van der Waals surface area contributed by atoms with Crippen LogP contribution < -0.4 is 10.1 Å². The molecule has 168 valence electrons. The van der Waals surface area contributed by atoms with E-state index in [0.717, 1.165) is 22.3 Å². The van der Waals surface area contributed by atoms with Crippen molar-refractivity contribution in [2.45, 2.75) is 27.0 Å². The lowest BCUT2D eigenvalue weighted by Crippen LogP contribution is -2.13. The molecule has 1 heterocycles. The van der Waals surface area contributed by atoms with Crippen LogP contribution in [-0.2, 0) is 13.2 Å². The molecule has 1 N–H and O–H groups in total. The van der Waals surface area contributed by atoms with Crippen molar-refractivity contribution in [3.63, 3.8) is 0 Å². The fraction of sp³-hybridized carbons (Fsp3) is 0.154. The summed E-state index contributed by atoms with van der Waals surface area (Å²) in [6.45, 7) is 4.38. The molecule has 1 aromatic heterocycles. The summed E-state index contributed by atoms with van der Waals surface area (Å²) in [6.07, 6.45) is 1.60. The molecule has 0 unspecified atom stereocenters. The van der Waals surface area contributed by atoms with Crippen molar-refractivity contribution in [3.05, 3.63) is 112 Å². The standard InChI is InChI=1S/C26H23F2N3O2/c1-17-11-18(2)13-23(12-17)29-25(32)24-15-31(14-19-3-7-21(27)8-4-19)30-26(24)33-16-20-5-9-22(28)10-6-20/h3-13,15H,14,16H2,1-2H3,(H,29,32). The number of nitrogens with one attached hydrogen (secondary N) is 1. The normalized spacial score (nSPS) is 10.8. The van der Waals surface area contributed by atoms with Gasteiger partial charge in [0.05, 0.1) is 6.54 Å². The van der Waals surface area contributed by atoms with Gasteiger partial charge in [-0.3, -0.25) is 9.48 Å². The molecule has 0 aliphatic heterocycles. The Balaban J connectivity index is 1.58. The Bertz CT molecular complexity index is 1250. The highest BCUT2D eigenvalue weighted by atomic mass is 19.1. The van der Waals surface area contributed by atoms with Crippen LogP contribution in [0.1, 0.15) is 32.6 Å². The molecule has 1 amide bonds. The first-order valence-corrected chi connectivity index (χ1v) is 10.4. The predicted molar refractivity (Wildman–Crippen MR) is 122 cm³/mol. The molecule has 0 radical (unpaired) electrons. The number of anilines is 1. The SMILES string of the molecule is Cc1cc(C)cc(NC(=O)c2cn(Cc3ccc(F)cc3)nc2OCc2ccc(F)cc2)c1. The fourth-order valence-corrected chi connectivity index (χ4v) is 3.50. The van der Waals surface area contributed by atoms with Crippen molar-refractivity contribution in [2.24, 2.45) is 0 Å². The lowest BCUT2D eigenvalue weighted by atomic mass is 10.1. The Kier molecular flexibility index (Phi) is 6.49. The number of carbonyl (C=O) groups excluding carboxylic acids is 1. The van der Waals surface area contributed by atoms with Crippen LogP contribution in [0.2, 0.25) is 0 Å². The summed E-state index contributed by atoms with van der Waals surface area (Å²) >= 11 is 0. The maximum atomic E-state index is 13.2. The van der Waals surface area contributed by atoms with Crippen LogP contribution in [0.3, 0.4) is 0 Å². The van der Waals surface area contributed by atoms with Crippen molar-refractivity contribution in [1.82, 2.24) is 9.78 Å². The van der Waals surface area contributed by atoms with E-state index in [0.29, 0.717) is 12.2 Å². The smallest absolute Gasteiger partial charge is 0.262 e. The number of amides is 1. The Morgan fingerprint density at radius 3 is 2.09 bits per heavy atom. The molecule has 0 saturated carbocycles. The Hall–Kier alpha value is -4.00. The van der Waals surface area contributed by atoms with Gasteiger partial charge >= 0.3 is 0 Å². The van der Waals surface area contributed by atoms with Crippen molar-refractivity contribution >= 4 is 11.6 Å². The largest absolute Gasteiger partial charge is 0.471 e. The van der Waals surface area contributed by atoms with Crippen molar-refractivity contribution in [1.29, 1.82) is 0 Å². The van der Waals surface area contributed by atoms with Gasteiger partial charge in [-0.1, -0.05) is 30.3 Å². The molecule has 4 rings (SSSR count). The van der Waals surface area contributed by atoms with Gasteiger partial charge in [-0.2, -0.15) is 0 Å². The molecule has 0 aliphatic carbocycles. The quantitative estimate of drug-likeness (QED) is 0.398. The third-order valence-electron chi connectivity index (χ3n) is 5.00. The van der Waals surface area contributed by atoms with E-state index in [9.17, 15) is 13.6 Å². The number of aromatic nitrogens is 2. The summed E-state index contributed by atoms with van der Waals surface area (Å²) in [5.74, 6) is -0.866. The fourth-order valence-electron chi connectivity index (χ4n) is 3.50. The summed E-state index contributed by atoms with van der Waals surface area (Å²) in [6, 6.07) is 17.8. The summed E-state index contributed by atoms with van der Waals surface area (Å²) in [4.78, 5) is 13.1. The minimum absolute atomic E-state index is 0.123. The van der Waals surface area contributed by atoms with Gasteiger partial charge in [-0.05, 0) is 72.5 Å². The van der Waals surface area contributed by atoms with Crippen LogP contribution in [0.5, 0.6) is 5.88 Å². The zero-order valence-corrected chi connectivity index (χ0v) is 18.3. The van der Waals surface area contributed by atoms with Crippen molar-refractivity contribution < 1.29 is 18.3 Å². The first-order chi connectivity index (χ1) is 15.9.